The summed E-state index contributed by atoms with van der Waals surface area (Å²) in [5.74, 6) is -0.0629. The molecule has 0 amide bonds. The number of carbonyl (C=O) groups is 1. The molecule has 0 saturated carbocycles. The van der Waals surface area contributed by atoms with Gasteiger partial charge in [0.2, 0.25) is 0 Å². The van der Waals surface area contributed by atoms with Crippen LogP contribution in [0.5, 0.6) is 0 Å². The van der Waals surface area contributed by atoms with Crippen molar-refractivity contribution in [3.05, 3.63) is 93.2 Å². The predicted octanol–water partition coefficient (Wildman–Crippen LogP) is 5.23. The minimum atomic E-state index is -1.20. The van der Waals surface area contributed by atoms with Gasteiger partial charge >= 0.3 is 0 Å². The van der Waals surface area contributed by atoms with Gasteiger partial charge < -0.3 is 10.0 Å². The lowest BCUT2D eigenvalue weighted by Gasteiger charge is -2.45. The third-order valence-electron chi connectivity index (χ3n) is 6.36. The second kappa shape index (κ2) is 10.3. The van der Waals surface area contributed by atoms with Gasteiger partial charge in [-0.3, -0.25) is 14.7 Å². The molecule has 35 heavy (non-hydrogen) atoms. The van der Waals surface area contributed by atoms with Crippen molar-refractivity contribution in [2.45, 2.75) is 25.5 Å². The first-order chi connectivity index (χ1) is 16.7. The van der Waals surface area contributed by atoms with Crippen molar-refractivity contribution in [1.82, 2.24) is 9.88 Å². The lowest BCUT2D eigenvalue weighted by Crippen LogP contribution is -2.52. The van der Waals surface area contributed by atoms with E-state index < -0.39 is 5.60 Å². The second-order valence-corrected chi connectivity index (χ2v) is 9.88. The number of β-amino-alcohol motifs (C(OH)–C–C–N with tert-alkyl or cyclic N) is 1. The van der Waals surface area contributed by atoms with Crippen molar-refractivity contribution in [1.29, 1.82) is 5.26 Å². The number of piperazine rings is 1. The highest BCUT2D eigenvalue weighted by Gasteiger charge is 2.34. The van der Waals surface area contributed by atoms with Gasteiger partial charge in [0.1, 0.15) is 5.60 Å². The van der Waals surface area contributed by atoms with Crippen LogP contribution in [0.15, 0.2) is 60.8 Å². The maximum Gasteiger partial charge on any atom is 0.161 e. The number of halogens is 2. The summed E-state index contributed by atoms with van der Waals surface area (Å²) in [6.07, 6.45) is 1.51. The first-order valence-electron chi connectivity index (χ1n) is 11.3. The first-order valence-corrected chi connectivity index (χ1v) is 12.1. The summed E-state index contributed by atoms with van der Waals surface area (Å²) in [6, 6.07) is 18.6. The summed E-state index contributed by atoms with van der Waals surface area (Å²) in [6.45, 7) is 5.61. The normalized spacial score (nSPS) is 18.1. The Morgan fingerprint density at radius 1 is 1.17 bits per heavy atom. The number of ketones is 1. The van der Waals surface area contributed by atoms with Crippen LogP contribution < -0.4 is 4.90 Å². The predicted molar refractivity (Wildman–Crippen MR) is 138 cm³/mol. The van der Waals surface area contributed by atoms with Crippen molar-refractivity contribution in [2.75, 3.05) is 31.1 Å². The zero-order chi connectivity index (χ0) is 25.2. The molecule has 1 N–H and O–H groups in total. The van der Waals surface area contributed by atoms with Gasteiger partial charge in [0, 0.05) is 43.0 Å². The Kier molecular flexibility index (Phi) is 7.44. The zero-order valence-electron chi connectivity index (χ0n) is 19.6. The summed E-state index contributed by atoms with van der Waals surface area (Å²) in [4.78, 5) is 20.4. The fraction of sp³-hybridized carbons (Fsp3) is 0.296. The van der Waals surface area contributed by atoms with E-state index in [9.17, 15) is 15.2 Å². The number of hydrogen-bond acceptors (Lipinski definition) is 6. The van der Waals surface area contributed by atoms with E-state index in [0.29, 0.717) is 53.0 Å². The average Bonchev–Trinajstić information content (AvgIpc) is 2.84. The summed E-state index contributed by atoms with van der Waals surface area (Å²) >= 11 is 12.7. The number of rotatable bonds is 6. The number of benzene rings is 2. The number of nitrogens with zero attached hydrogens (tertiary/aromatic N) is 4. The maximum atomic E-state index is 11.6. The van der Waals surface area contributed by atoms with Crippen molar-refractivity contribution in [2.24, 2.45) is 0 Å². The van der Waals surface area contributed by atoms with Crippen LogP contribution in [0.25, 0.3) is 0 Å². The Balaban J connectivity index is 1.60. The van der Waals surface area contributed by atoms with E-state index in [4.69, 9.17) is 23.2 Å². The Morgan fingerprint density at radius 2 is 1.91 bits per heavy atom. The minimum Gasteiger partial charge on any atom is -0.382 e. The van der Waals surface area contributed by atoms with Gasteiger partial charge in [0.25, 0.3) is 0 Å². The minimum absolute atomic E-state index is 0.0460. The van der Waals surface area contributed by atoms with E-state index in [1.165, 1.54) is 13.1 Å². The molecule has 0 unspecified atom stereocenters. The molecule has 1 saturated heterocycles. The largest absolute Gasteiger partial charge is 0.382 e. The molecule has 8 heteroatoms. The third-order valence-corrected chi connectivity index (χ3v) is 6.91. The van der Waals surface area contributed by atoms with Crippen molar-refractivity contribution in [3.8, 4) is 6.07 Å². The third kappa shape index (κ3) is 5.66. The summed E-state index contributed by atoms with van der Waals surface area (Å²) in [7, 11) is 0. The van der Waals surface area contributed by atoms with Gasteiger partial charge in [-0.25, -0.2) is 0 Å². The molecule has 4 rings (SSSR count). The lowest BCUT2D eigenvalue weighted by atomic mass is 9.96. The van der Waals surface area contributed by atoms with Crippen molar-refractivity contribution in [3.63, 3.8) is 0 Å². The highest BCUT2D eigenvalue weighted by atomic mass is 35.5. The van der Waals surface area contributed by atoms with Gasteiger partial charge in [-0.05, 0) is 61.9 Å². The second-order valence-electron chi connectivity index (χ2n) is 9.04. The van der Waals surface area contributed by atoms with Crippen LogP contribution in [0.1, 0.15) is 47.1 Å². The fourth-order valence-electron chi connectivity index (χ4n) is 4.49. The molecular weight excluding hydrogens is 483 g/mol. The average molecular weight is 509 g/mol. The Bertz CT molecular complexity index is 1250. The molecule has 0 bridgehead atoms. The van der Waals surface area contributed by atoms with Crippen LogP contribution in [0.3, 0.4) is 0 Å². The van der Waals surface area contributed by atoms with Crippen LogP contribution in [-0.4, -0.2) is 47.0 Å². The molecule has 2 atom stereocenters. The molecule has 1 aliphatic heterocycles. The van der Waals surface area contributed by atoms with E-state index in [1.54, 1.807) is 31.2 Å². The number of carbonyl (C=O) groups excluding carboxylic acids is 1. The number of Topliss-reactive ketones (excluding diaryl/α,β-unsaturated/α-hetero) is 1. The lowest BCUT2D eigenvalue weighted by molar-refractivity contribution is 0.00674. The van der Waals surface area contributed by atoms with E-state index in [1.807, 2.05) is 30.3 Å². The van der Waals surface area contributed by atoms with Crippen molar-refractivity contribution >= 4 is 34.7 Å². The molecule has 1 aromatic heterocycles. The highest BCUT2D eigenvalue weighted by molar-refractivity contribution is 6.33. The molecule has 0 spiro atoms. The Labute approximate surface area is 215 Å². The van der Waals surface area contributed by atoms with Crippen LogP contribution in [-0.2, 0) is 5.60 Å². The fourth-order valence-corrected chi connectivity index (χ4v) is 4.90. The Morgan fingerprint density at radius 3 is 2.51 bits per heavy atom. The van der Waals surface area contributed by atoms with Crippen LogP contribution in [0.2, 0.25) is 10.0 Å². The summed E-state index contributed by atoms with van der Waals surface area (Å²) in [5.41, 5.74) is 2.28. The number of aromatic nitrogens is 1. The SMILES string of the molecule is CC(=O)c1ccc([C@](C)(O)CN2CCN(c3ccc(C#N)cc3Cl)[C@H](c3ccc(Cl)cc3)C2)nc1. The zero-order valence-corrected chi connectivity index (χ0v) is 21.1. The number of anilines is 1. The molecule has 0 aliphatic carbocycles. The monoisotopic (exact) mass is 508 g/mol. The number of nitriles is 1. The molecule has 0 radical (unpaired) electrons. The summed E-state index contributed by atoms with van der Waals surface area (Å²) < 4.78 is 0. The summed E-state index contributed by atoms with van der Waals surface area (Å²) in [5, 5.41) is 21.7. The van der Waals surface area contributed by atoms with E-state index in [-0.39, 0.29) is 11.8 Å². The molecule has 1 aliphatic rings. The van der Waals surface area contributed by atoms with Gasteiger partial charge in [0.15, 0.2) is 5.78 Å². The van der Waals surface area contributed by atoms with Gasteiger partial charge in [0.05, 0.1) is 34.1 Å². The smallest absolute Gasteiger partial charge is 0.161 e. The molecule has 6 nitrogen and oxygen atoms in total. The molecule has 180 valence electrons. The van der Waals surface area contributed by atoms with Gasteiger partial charge in [-0.1, -0.05) is 35.3 Å². The first kappa shape index (κ1) is 25.2. The number of hydrogen-bond donors (Lipinski definition) is 1. The molecule has 1 fully saturated rings. The number of aliphatic hydroxyl groups is 1. The van der Waals surface area contributed by atoms with E-state index >= 15 is 0 Å². The maximum absolute atomic E-state index is 11.6. The molecule has 3 aromatic rings. The molecule has 2 aromatic carbocycles. The van der Waals surface area contributed by atoms with Crippen LogP contribution in [0.4, 0.5) is 5.69 Å². The van der Waals surface area contributed by atoms with Crippen molar-refractivity contribution < 1.29 is 9.90 Å². The topological polar surface area (TPSA) is 80.5 Å². The van der Waals surface area contributed by atoms with Gasteiger partial charge in [-0.2, -0.15) is 5.26 Å². The molecule has 2 heterocycles. The van der Waals surface area contributed by atoms with E-state index in [2.05, 4.69) is 20.9 Å². The number of pyridine rings is 1. The molecular formula is C27H26Cl2N4O2. The van der Waals surface area contributed by atoms with Crippen LogP contribution >= 0.6 is 23.2 Å². The highest BCUT2D eigenvalue weighted by Crippen LogP contribution is 2.36. The van der Waals surface area contributed by atoms with E-state index in [0.717, 1.165) is 11.3 Å². The quantitative estimate of drug-likeness (QED) is 0.459. The van der Waals surface area contributed by atoms with Crippen LogP contribution in [0, 0.1) is 11.3 Å². The van der Waals surface area contributed by atoms with Gasteiger partial charge in [-0.15, -0.1) is 0 Å². The standard InChI is InChI=1S/C27H26Cl2N4O2/c1-18(34)21-6-10-26(31-15-21)27(2,35)17-32-11-12-33(24-9-3-19(14-30)13-23(24)29)25(16-32)20-4-7-22(28)8-5-20/h3-10,13,15,25,35H,11-12,16-17H2,1-2H3/t25-,27+/m0/s1. The Hall–Kier alpha value is -2.95.